The maximum atomic E-state index is 12.5. The van der Waals surface area contributed by atoms with Crippen LogP contribution in [0.3, 0.4) is 0 Å². The molecule has 1 aromatic heterocycles. The molecule has 3 aromatic carbocycles. The van der Waals surface area contributed by atoms with Crippen LogP contribution in [0.25, 0.3) is 10.8 Å². The number of carbonyl (C=O) groups excluding carboxylic acids is 1. The molecule has 2 heterocycles. The van der Waals surface area contributed by atoms with Crippen molar-refractivity contribution in [2.45, 2.75) is 12.6 Å². The summed E-state index contributed by atoms with van der Waals surface area (Å²) in [7, 11) is 0. The van der Waals surface area contributed by atoms with Crippen molar-refractivity contribution in [2.24, 2.45) is 0 Å². The lowest BCUT2D eigenvalue weighted by Gasteiger charge is -2.26. The van der Waals surface area contributed by atoms with Crippen molar-refractivity contribution in [3.8, 4) is 11.5 Å². The number of urea groups is 1. The van der Waals surface area contributed by atoms with E-state index in [1.807, 2.05) is 66.7 Å². The van der Waals surface area contributed by atoms with Crippen LogP contribution in [0, 0.1) is 0 Å². The van der Waals surface area contributed by atoms with E-state index in [1.54, 1.807) is 17.1 Å². The molecule has 4 aromatic rings. The minimum atomic E-state index is -0.322. The number of anilines is 2. The number of hydrogen-bond donors (Lipinski definition) is 2. The van der Waals surface area contributed by atoms with E-state index in [-0.39, 0.29) is 12.1 Å². The van der Waals surface area contributed by atoms with Gasteiger partial charge < -0.3 is 20.1 Å². The summed E-state index contributed by atoms with van der Waals surface area (Å²) >= 11 is 0. The first-order valence-corrected chi connectivity index (χ1v) is 9.71. The summed E-state index contributed by atoms with van der Waals surface area (Å²) in [5, 5.41) is 12.1. The van der Waals surface area contributed by atoms with Crippen molar-refractivity contribution in [2.75, 3.05) is 17.2 Å². The Hall–Kier alpha value is -4.00. The molecule has 0 fully saturated rings. The molecule has 0 aliphatic carbocycles. The van der Waals surface area contributed by atoms with Crippen LogP contribution in [0.4, 0.5) is 16.2 Å². The van der Waals surface area contributed by atoms with Gasteiger partial charge in [0.15, 0.2) is 17.6 Å². The lowest BCUT2D eigenvalue weighted by molar-refractivity contribution is 0.0759. The molecular formula is C23H20N4O3. The van der Waals surface area contributed by atoms with E-state index >= 15 is 0 Å². The topological polar surface area (TPSA) is 77.4 Å². The van der Waals surface area contributed by atoms with Crippen molar-refractivity contribution in [3.63, 3.8) is 0 Å². The summed E-state index contributed by atoms with van der Waals surface area (Å²) in [5.41, 5.74) is 1.36. The number of fused-ring (bicyclic) bond motifs is 2. The third-order valence-electron chi connectivity index (χ3n) is 4.89. The van der Waals surface area contributed by atoms with E-state index in [1.165, 1.54) is 0 Å². The first-order chi connectivity index (χ1) is 14.7. The number of amides is 2. The van der Waals surface area contributed by atoms with Gasteiger partial charge in [-0.25, -0.2) is 4.79 Å². The highest BCUT2D eigenvalue weighted by Crippen LogP contribution is 2.31. The van der Waals surface area contributed by atoms with Crippen molar-refractivity contribution >= 4 is 28.2 Å². The highest BCUT2D eigenvalue weighted by atomic mass is 16.6. The zero-order chi connectivity index (χ0) is 20.3. The molecule has 0 saturated carbocycles. The van der Waals surface area contributed by atoms with Crippen LogP contribution in [0.1, 0.15) is 0 Å². The number of rotatable bonds is 4. The Labute approximate surface area is 173 Å². The van der Waals surface area contributed by atoms with E-state index in [4.69, 9.17) is 9.47 Å². The molecule has 30 heavy (non-hydrogen) atoms. The minimum Gasteiger partial charge on any atom is -0.486 e. The van der Waals surface area contributed by atoms with Gasteiger partial charge >= 0.3 is 6.03 Å². The molecule has 1 aliphatic heterocycles. The van der Waals surface area contributed by atoms with Crippen molar-refractivity contribution in [3.05, 3.63) is 79.1 Å². The van der Waals surface area contributed by atoms with Crippen LogP contribution in [-0.2, 0) is 6.54 Å². The summed E-state index contributed by atoms with van der Waals surface area (Å²) in [6.07, 6.45) is 3.23. The first-order valence-electron chi connectivity index (χ1n) is 9.71. The molecule has 150 valence electrons. The van der Waals surface area contributed by atoms with E-state index in [0.29, 0.717) is 18.8 Å². The Bertz CT molecular complexity index is 1200. The Balaban J connectivity index is 1.21. The Kier molecular flexibility index (Phi) is 4.69. The van der Waals surface area contributed by atoms with E-state index in [0.717, 1.165) is 28.0 Å². The fourth-order valence-corrected chi connectivity index (χ4v) is 3.51. The zero-order valence-electron chi connectivity index (χ0n) is 16.1. The number of para-hydroxylation sites is 2. The second-order valence-corrected chi connectivity index (χ2v) is 7.05. The van der Waals surface area contributed by atoms with Crippen molar-refractivity contribution in [1.82, 2.24) is 9.78 Å². The average molecular weight is 400 g/mol. The Morgan fingerprint density at radius 3 is 2.73 bits per heavy atom. The molecule has 2 amide bonds. The molecule has 7 heteroatoms. The third kappa shape index (κ3) is 3.77. The molecule has 5 rings (SSSR count). The average Bonchev–Trinajstić information content (AvgIpc) is 3.20. The summed E-state index contributed by atoms with van der Waals surface area (Å²) in [4.78, 5) is 12.5. The van der Waals surface area contributed by atoms with E-state index in [9.17, 15) is 4.79 Å². The molecule has 7 nitrogen and oxygen atoms in total. The molecule has 1 atom stereocenters. The maximum Gasteiger partial charge on any atom is 0.323 e. The zero-order valence-corrected chi connectivity index (χ0v) is 16.1. The molecule has 0 saturated heterocycles. The van der Waals surface area contributed by atoms with E-state index < -0.39 is 0 Å². The van der Waals surface area contributed by atoms with Gasteiger partial charge in [0.25, 0.3) is 0 Å². The Morgan fingerprint density at radius 2 is 1.80 bits per heavy atom. The summed E-state index contributed by atoms with van der Waals surface area (Å²) in [5.74, 6) is 1.48. The highest BCUT2D eigenvalue weighted by molar-refractivity contribution is 6.06. The second-order valence-electron chi connectivity index (χ2n) is 7.05. The van der Waals surface area contributed by atoms with Crippen LogP contribution in [0.15, 0.2) is 79.1 Å². The number of carbonyl (C=O) groups is 1. The van der Waals surface area contributed by atoms with Crippen LogP contribution in [0.2, 0.25) is 0 Å². The number of hydrogen-bond acceptors (Lipinski definition) is 4. The van der Waals surface area contributed by atoms with Gasteiger partial charge in [-0.15, -0.1) is 0 Å². The lowest BCUT2D eigenvalue weighted by Crippen LogP contribution is -2.33. The van der Waals surface area contributed by atoms with Gasteiger partial charge in [0.05, 0.1) is 24.1 Å². The summed E-state index contributed by atoms with van der Waals surface area (Å²) in [6.45, 7) is 0.960. The molecule has 2 N–H and O–H groups in total. The predicted molar refractivity (Wildman–Crippen MR) is 115 cm³/mol. The number of nitrogens with zero attached hydrogens (tertiary/aromatic N) is 2. The maximum absolute atomic E-state index is 12.5. The van der Waals surface area contributed by atoms with Crippen molar-refractivity contribution < 1.29 is 14.3 Å². The summed E-state index contributed by atoms with van der Waals surface area (Å²) in [6, 6.07) is 21.0. The SMILES string of the molecule is O=C(Nc1cnn(CC2COc3ccccc3O2)c1)Nc1cccc2ccccc12. The molecular weight excluding hydrogens is 380 g/mol. The molecule has 0 bridgehead atoms. The van der Waals surface area contributed by atoms with Gasteiger partial charge in [-0.1, -0.05) is 48.5 Å². The molecule has 0 radical (unpaired) electrons. The van der Waals surface area contributed by atoms with Crippen LogP contribution < -0.4 is 20.1 Å². The van der Waals surface area contributed by atoms with Gasteiger partial charge in [0, 0.05) is 11.6 Å². The predicted octanol–water partition coefficient (Wildman–Crippen LogP) is 4.52. The van der Waals surface area contributed by atoms with E-state index in [2.05, 4.69) is 15.7 Å². The first kappa shape index (κ1) is 18.1. The van der Waals surface area contributed by atoms with Crippen molar-refractivity contribution in [1.29, 1.82) is 0 Å². The normalized spacial score (nSPS) is 15.0. The highest BCUT2D eigenvalue weighted by Gasteiger charge is 2.21. The lowest BCUT2D eigenvalue weighted by atomic mass is 10.1. The number of benzene rings is 3. The number of nitrogens with one attached hydrogen (secondary N) is 2. The van der Waals surface area contributed by atoms with Gasteiger partial charge in [-0.2, -0.15) is 5.10 Å². The quantitative estimate of drug-likeness (QED) is 0.528. The molecule has 1 aliphatic rings. The van der Waals surface area contributed by atoms with Gasteiger partial charge in [-0.3, -0.25) is 4.68 Å². The standard InChI is InChI=1S/C23H20N4O3/c28-23(26-20-9-5-7-16-6-1-2-8-19(16)20)25-17-12-24-27(13-17)14-18-15-29-21-10-3-4-11-22(21)30-18/h1-13,18H,14-15H2,(H2,25,26,28). The third-order valence-corrected chi connectivity index (χ3v) is 4.89. The largest absolute Gasteiger partial charge is 0.486 e. The monoisotopic (exact) mass is 400 g/mol. The van der Waals surface area contributed by atoms with Crippen LogP contribution >= 0.6 is 0 Å². The van der Waals surface area contributed by atoms with Gasteiger partial charge in [-0.05, 0) is 23.6 Å². The van der Waals surface area contributed by atoms with Gasteiger partial charge in [0.2, 0.25) is 0 Å². The molecule has 1 unspecified atom stereocenters. The number of aromatic nitrogens is 2. The second kappa shape index (κ2) is 7.79. The number of ether oxygens (including phenoxy) is 2. The fraction of sp³-hybridized carbons (Fsp3) is 0.130. The van der Waals surface area contributed by atoms with Crippen LogP contribution in [-0.4, -0.2) is 28.5 Å². The Morgan fingerprint density at radius 1 is 1.00 bits per heavy atom. The summed E-state index contributed by atoms with van der Waals surface area (Å²) < 4.78 is 13.4. The minimum absolute atomic E-state index is 0.155. The van der Waals surface area contributed by atoms with Gasteiger partial charge in [0.1, 0.15) is 6.61 Å². The van der Waals surface area contributed by atoms with Crippen LogP contribution in [0.5, 0.6) is 11.5 Å². The fourth-order valence-electron chi connectivity index (χ4n) is 3.51. The smallest absolute Gasteiger partial charge is 0.323 e. The molecule has 0 spiro atoms.